The molecule has 0 aromatic rings. The smallest absolute Gasteiger partial charge is 0.0622 e. The number of hydrogen-bond acceptors (Lipinski definition) is 3. The summed E-state index contributed by atoms with van der Waals surface area (Å²) in [5, 5.41) is 6.47. The van der Waals surface area contributed by atoms with E-state index in [1.54, 1.807) is 0 Å². The molecule has 1 unspecified atom stereocenters. The Kier molecular flexibility index (Phi) is 4.70. The predicted octanol–water partition coefficient (Wildman–Crippen LogP) is 0.952. The van der Waals surface area contributed by atoms with Gasteiger partial charge in [-0.1, -0.05) is 11.6 Å². The molecule has 0 aromatic heterocycles. The van der Waals surface area contributed by atoms with Crippen molar-refractivity contribution in [3.63, 3.8) is 0 Å². The van der Waals surface area contributed by atoms with E-state index in [1.807, 2.05) is 0 Å². The first-order valence-electron chi connectivity index (χ1n) is 5.27. The summed E-state index contributed by atoms with van der Waals surface area (Å²) in [5.41, 5.74) is 8.16. The molecule has 80 valence electrons. The van der Waals surface area contributed by atoms with E-state index in [0.717, 1.165) is 13.1 Å². The van der Waals surface area contributed by atoms with Gasteiger partial charge in [0.1, 0.15) is 0 Å². The highest BCUT2D eigenvalue weighted by Gasteiger charge is 2.19. The first-order chi connectivity index (χ1) is 6.79. The second-order valence-corrected chi connectivity index (χ2v) is 3.67. The highest BCUT2D eigenvalue weighted by molar-refractivity contribution is 5.31. The van der Waals surface area contributed by atoms with Crippen molar-refractivity contribution in [2.45, 2.75) is 20.3 Å². The van der Waals surface area contributed by atoms with Crippen LogP contribution in [0, 0.1) is 5.92 Å². The molecule has 1 rings (SSSR count). The fourth-order valence-electron chi connectivity index (χ4n) is 1.81. The Bertz CT molecular complexity index is 225. The summed E-state index contributed by atoms with van der Waals surface area (Å²) in [4.78, 5) is 0. The van der Waals surface area contributed by atoms with Crippen molar-refractivity contribution < 1.29 is 0 Å². The summed E-state index contributed by atoms with van der Waals surface area (Å²) in [5.74, 6) is 0.644. The van der Waals surface area contributed by atoms with Gasteiger partial charge in [0, 0.05) is 12.7 Å². The number of nitrogens with two attached hydrogens (primary N) is 1. The largest absolute Gasteiger partial charge is 0.378 e. The first-order valence-corrected chi connectivity index (χ1v) is 5.27. The minimum Gasteiger partial charge on any atom is -0.378 e. The molecule has 1 aliphatic heterocycles. The second kappa shape index (κ2) is 5.83. The molecule has 1 aliphatic rings. The number of allylic oxidation sites excluding steroid dienone is 2. The van der Waals surface area contributed by atoms with E-state index in [-0.39, 0.29) is 0 Å². The average Bonchev–Trinajstić information content (AvgIpc) is 2.71. The summed E-state index contributed by atoms with van der Waals surface area (Å²) in [6.07, 6.45) is 5.44. The first kappa shape index (κ1) is 11.3. The standard InChI is InChI=1S/C11H21N3/c1-3-9(2)11(7-14-8-12)10-4-5-13-6-10/h3,7,10,13-14H,4-6,8,12H2,1-2H3/b9-3+,11-7+. The number of rotatable bonds is 4. The van der Waals surface area contributed by atoms with Gasteiger partial charge in [-0.25, -0.2) is 0 Å². The van der Waals surface area contributed by atoms with Crippen molar-refractivity contribution in [3.05, 3.63) is 23.4 Å². The maximum Gasteiger partial charge on any atom is 0.0622 e. The van der Waals surface area contributed by atoms with E-state index in [1.165, 1.54) is 17.6 Å². The molecular formula is C11H21N3. The Hall–Kier alpha value is -0.800. The lowest BCUT2D eigenvalue weighted by molar-refractivity contribution is 0.677. The summed E-state index contributed by atoms with van der Waals surface area (Å²) in [6.45, 7) is 6.95. The van der Waals surface area contributed by atoms with E-state index < -0.39 is 0 Å². The van der Waals surface area contributed by atoms with Gasteiger partial charge in [-0.05, 0) is 38.3 Å². The van der Waals surface area contributed by atoms with Gasteiger partial charge in [-0.15, -0.1) is 0 Å². The lowest BCUT2D eigenvalue weighted by Crippen LogP contribution is -2.19. The molecule has 3 nitrogen and oxygen atoms in total. The van der Waals surface area contributed by atoms with Crippen molar-refractivity contribution >= 4 is 0 Å². The summed E-state index contributed by atoms with van der Waals surface area (Å²) < 4.78 is 0. The third-order valence-corrected chi connectivity index (χ3v) is 2.76. The van der Waals surface area contributed by atoms with Crippen molar-refractivity contribution in [3.8, 4) is 0 Å². The molecule has 0 radical (unpaired) electrons. The van der Waals surface area contributed by atoms with Gasteiger partial charge in [0.15, 0.2) is 0 Å². The topological polar surface area (TPSA) is 50.1 Å². The molecule has 1 atom stereocenters. The quantitative estimate of drug-likeness (QED) is 0.462. The molecule has 0 amide bonds. The fraction of sp³-hybridized carbons (Fsp3) is 0.636. The SMILES string of the molecule is C/C=C(C)/C(=C\NCN)C1CCNC1. The van der Waals surface area contributed by atoms with E-state index >= 15 is 0 Å². The zero-order valence-corrected chi connectivity index (χ0v) is 9.14. The molecule has 14 heavy (non-hydrogen) atoms. The monoisotopic (exact) mass is 195 g/mol. The van der Waals surface area contributed by atoms with Gasteiger partial charge in [0.2, 0.25) is 0 Å². The van der Waals surface area contributed by atoms with Gasteiger partial charge in [0.05, 0.1) is 6.67 Å². The van der Waals surface area contributed by atoms with Gasteiger partial charge in [0.25, 0.3) is 0 Å². The van der Waals surface area contributed by atoms with E-state index in [0.29, 0.717) is 12.6 Å². The number of hydrogen-bond donors (Lipinski definition) is 3. The molecule has 1 saturated heterocycles. The van der Waals surface area contributed by atoms with Crippen molar-refractivity contribution in [2.24, 2.45) is 11.7 Å². The molecule has 4 N–H and O–H groups in total. The van der Waals surface area contributed by atoms with Crippen LogP contribution in [0.3, 0.4) is 0 Å². The highest BCUT2D eigenvalue weighted by atomic mass is 14.9. The molecule has 3 heteroatoms. The van der Waals surface area contributed by atoms with Crippen molar-refractivity contribution in [2.75, 3.05) is 19.8 Å². The third-order valence-electron chi connectivity index (χ3n) is 2.76. The molecule has 0 aromatic carbocycles. The van der Waals surface area contributed by atoms with Crippen LogP contribution in [0.5, 0.6) is 0 Å². The van der Waals surface area contributed by atoms with Crippen LogP contribution in [0.25, 0.3) is 0 Å². The van der Waals surface area contributed by atoms with E-state index in [9.17, 15) is 0 Å². The lowest BCUT2D eigenvalue weighted by Gasteiger charge is -2.15. The van der Waals surface area contributed by atoms with Crippen LogP contribution in [0.15, 0.2) is 23.4 Å². The Labute approximate surface area is 86.4 Å². The average molecular weight is 195 g/mol. The molecule has 1 heterocycles. The molecule has 0 spiro atoms. The molecule has 0 aliphatic carbocycles. The van der Waals surface area contributed by atoms with E-state index in [2.05, 4.69) is 36.8 Å². The van der Waals surface area contributed by atoms with Crippen LogP contribution in [0.2, 0.25) is 0 Å². The minimum absolute atomic E-state index is 0.501. The van der Waals surface area contributed by atoms with Crippen LogP contribution in [0.1, 0.15) is 20.3 Å². The van der Waals surface area contributed by atoms with Crippen LogP contribution >= 0.6 is 0 Å². The molecule has 0 bridgehead atoms. The fourth-order valence-corrected chi connectivity index (χ4v) is 1.81. The van der Waals surface area contributed by atoms with Crippen molar-refractivity contribution in [1.82, 2.24) is 10.6 Å². The third kappa shape index (κ3) is 2.86. The van der Waals surface area contributed by atoms with Crippen molar-refractivity contribution in [1.29, 1.82) is 0 Å². The Morgan fingerprint density at radius 3 is 2.93 bits per heavy atom. The zero-order chi connectivity index (χ0) is 10.4. The van der Waals surface area contributed by atoms with Crippen LogP contribution in [-0.2, 0) is 0 Å². The number of nitrogens with one attached hydrogen (secondary N) is 2. The van der Waals surface area contributed by atoms with Gasteiger partial charge >= 0.3 is 0 Å². The Morgan fingerprint density at radius 1 is 1.64 bits per heavy atom. The molecule has 0 saturated carbocycles. The second-order valence-electron chi connectivity index (χ2n) is 3.67. The Balaban J connectivity index is 2.70. The highest BCUT2D eigenvalue weighted by Crippen LogP contribution is 2.24. The zero-order valence-electron chi connectivity index (χ0n) is 9.14. The molecule has 1 fully saturated rings. The Morgan fingerprint density at radius 2 is 2.43 bits per heavy atom. The normalized spacial score (nSPS) is 24.1. The minimum atomic E-state index is 0.501. The summed E-state index contributed by atoms with van der Waals surface area (Å²) >= 11 is 0. The van der Waals surface area contributed by atoms with Gasteiger partial charge in [-0.3, -0.25) is 0 Å². The van der Waals surface area contributed by atoms with Gasteiger partial charge in [-0.2, -0.15) is 0 Å². The summed E-state index contributed by atoms with van der Waals surface area (Å²) in [7, 11) is 0. The predicted molar refractivity (Wildman–Crippen MR) is 60.7 cm³/mol. The maximum absolute atomic E-state index is 5.43. The lowest BCUT2D eigenvalue weighted by atomic mass is 9.93. The van der Waals surface area contributed by atoms with Crippen LogP contribution in [-0.4, -0.2) is 19.8 Å². The molecular weight excluding hydrogens is 174 g/mol. The van der Waals surface area contributed by atoms with E-state index in [4.69, 9.17) is 5.73 Å². The summed E-state index contributed by atoms with van der Waals surface area (Å²) in [6, 6.07) is 0. The van der Waals surface area contributed by atoms with Crippen LogP contribution < -0.4 is 16.4 Å². The van der Waals surface area contributed by atoms with Gasteiger partial charge < -0.3 is 16.4 Å². The van der Waals surface area contributed by atoms with Crippen LogP contribution in [0.4, 0.5) is 0 Å². The maximum atomic E-state index is 5.43.